The van der Waals surface area contributed by atoms with Gasteiger partial charge in [-0.2, -0.15) is 0 Å². The van der Waals surface area contributed by atoms with Crippen LogP contribution in [-0.2, 0) is 11.8 Å². The molecule has 0 saturated carbocycles. The van der Waals surface area contributed by atoms with E-state index in [0.29, 0.717) is 40.7 Å². The maximum absolute atomic E-state index is 12.8. The van der Waals surface area contributed by atoms with Gasteiger partial charge in [-0.25, -0.2) is 9.98 Å². The molecule has 0 radical (unpaired) electrons. The molecule has 0 fully saturated rings. The Balaban J connectivity index is 2.12. The highest BCUT2D eigenvalue weighted by Gasteiger charge is 2.18. The lowest BCUT2D eigenvalue weighted by Crippen LogP contribution is -2.14. The smallest absolute Gasteiger partial charge is 0.277 e. The van der Waals surface area contributed by atoms with Crippen LogP contribution in [0.25, 0.3) is 11.0 Å². The summed E-state index contributed by atoms with van der Waals surface area (Å²) < 4.78 is 11.9. The van der Waals surface area contributed by atoms with Crippen molar-refractivity contribution < 1.29 is 14.3 Å². The van der Waals surface area contributed by atoms with E-state index in [1.54, 1.807) is 44.5 Å². The average molecular weight is 466 g/mol. The molecule has 1 amide bonds. The van der Waals surface area contributed by atoms with Gasteiger partial charge in [-0.1, -0.05) is 12.1 Å². The second-order valence-electron chi connectivity index (χ2n) is 7.24. The monoisotopic (exact) mass is 465 g/mol. The Kier molecular flexibility index (Phi) is 7.49. The van der Waals surface area contributed by atoms with E-state index in [0.717, 1.165) is 5.57 Å². The Hall–Kier alpha value is -4.38. The molecule has 0 bridgehead atoms. The minimum Gasteiger partial charge on any atom is -0.494 e. The number of aromatic amines is 1. The van der Waals surface area contributed by atoms with Crippen molar-refractivity contribution >= 4 is 40.9 Å². The first-order valence-corrected chi connectivity index (χ1v) is 10.3. The lowest BCUT2D eigenvalue weighted by molar-refractivity contribution is 0.0997. The van der Waals surface area contributed by atoms with Gasteiger partial charge in [0.2, 0.25) is 0 Å². The van der Waals surface area contributed by atoms with Crippen molar-refractivity contribution in [2.45, 2.75) is 6.92 Å². The fourth-order valence-electron chi connectivity index (χ4n) is 3.38. The molecular formula is C23H27N7O4. The first-order valence-electron chi connectivity index (χ1n) is 10.3. The number of ether oxygens (including phenoxy) is 2. The summed E-state index contributed by atoms with van der Waals surface area (Å²) in [6.45, 7) is 5.90. The standard InChI is InChI=1S/C23H27N7O4/c1-6-13(12-33-4)10-17(25-2)27-18-11-16(19-22(28-18)29-30(3)23(19)32)26-15-9-7-8-14(21(24)31)20(15)34-5/h6-11H,2,12H2,1,3-5H3,(H2,24,31)(H3,26,27,28,29)/b13-6+,17-10+. The molecule has 0 aliphatic rings. The second kappa shape index (κ2) is 10.5. The molecule has 34 heavy (non-hydrogen) atoms. The molecule has 1 aromatic carbocycles. The number of amides is 1. The number of para-hydroxylation sites is 1. The van der Waals surface area contributed by atoms with Gasteiger partial charge < -0.3 is 25.8 Å². The van der Waals surface area contributed by atoms with Crippen molar-refractivity contribution in [3.63, 3.8) is 0 Å². The molecule has 0 atom stereocenters. The number of nitrogens with two attached hydrogens (primary N) is 1. The molecule has 2 aromatic heterocycles. The molecule has 5 N–H and O–H groups in total. The molecule has 11 nitrogen and oxygen atoms in total. The van der Waals surface area contributed by atoms with E-state index in [2.05, 4.69) is 32.4 Å². The summed E-state index contributed by atoms with van der Waals surface area (Å²) in [4.78, 5) is 33.1. The van der Waals surface area contributed by atoms with E-state index >= 15 is 0 Å². The molecule has 0 spiro atoms. The van der Waals surface area contributed by atoms with Crippen LogP contribution >= 0.6 is 0 Å². The van der Waals surface area contributed by atoms with Gasteiger partial charge in [0.25, 0.3) is 11.5 Å². The highest BCUT2D eigenvalue weighted by atomic mass is 16.5. The Morgan fingerprint density at radius 2 is 2.12 bits per heavy atom. The number of primary amides is 1. The quantitative estimate of drug-likeness (QED) is 0.266. The van der Waals surface area contributed by atoms with Crippen LogP contribution in [0.3, 0.4) is 0 Å². The number of aromatic nitrogens is 3. The van der Waals surface area contributed by atoms with E-state index in [9.17, 15) is 9.59 Å². The number of aryl methyl sites for hydroxylation is 1. The number of fused-ring (bicyclic) bond motifs is 1. The summed E-state index contributed by atoms with van der Waals surface area (Å²) in [6, 6.07) is 6.58. The predicted octanol–water partition coefficient (Wildman–Crippen LogP) is 2.66. The summed E-state index contributed by atoms with van der Waals surface area (Å²) in [5.41, 5.74) is 7.51. The Bertz CT molecular complexity index is 1350. The van der Waals surface area contributed by atoms with Crippen LogP contribution in [0.5, 0.6) is 5.75 Å². The number of hydrogen-bond donors (Lipinski definition) is 4. The first kappa shape index (κ1) is 24.3. The summed E-state index contributed by atoms with van der Waals surface area (Å²) in [5, 5.41) is 9.53. The van der Waals surface area contributed by atoms with Crippen molar-refractivity contribution in [1.82, 2.24) is 14.8 Å². The maximum atomic E-state index is 12.8. The Labute approximate surface area is 196 Å². The number of allylic oxidation sites excluding steroid dienone is 1. The molecule has 0 unspecified atom stereocenters. The van der Waals surface area contributed by atoms with E-state index in [-0.39, 0.29) is 16.9 Å². The van der Waals surface area contributed by atoms with Gasteiger partial charge in [0.1, 0.15) is 17.0 Å². The van der Waals surface area contributed by atoms with Crippen molar-refractivity contribution in [1.29, 1.82) is 0 Å². The van der Waals surface area contributed by atoms with Gasteiger partial charge >= 0.3 is 0 Å². The molecule has 0 aliphatic heterocycles. The lowest BCUT2D eigenvalue weighted by Gasteiger charge is -2.15. The molecule has 3 rings (SSSR count). The van der Waals surface area contributed by atoms with Crippen LogP contribution in [0, 0.1) is 0 Å². The van der Waals surface area contributed by atoms with E-state index < -0.39 is 5.91 Å². The topological polar surface area (TPSA) is 149 Å². The van der Waals surface area contributed by atoms with Crippen LogP contribution < -0.4 is 26.7 Å². The molecule has 0 aliphatic carbocycles. The normalized spacial score (nSPS) is 12.0. The van der Waals surface area contributed by atoms with Crippen molar-refractivity contribution in [2.24, 2.45) is 17.8 Å². The van der Waals surface area contributed by atoms with E-state index in [4.69, 9.17) is 15.2 Å². The fourth-order valence-corrected chi connectivity index (χ4v) is 3.38. The Morgan fingerprint density at radius 3 is 2.74 bits per heavy atom. The Morgan fingerprint density at radius 1 is 1.35 bits per heavy atom. The third kappa shape index (κ3) is 4.99. The number of H-pyrrole nitrogens is 1. The number of pyridine rings is 1. The summed E-state index contributed by atoms with van der Waals surface area (Å²) in [6.07, 6.45) is 3.68. The zero-order valence-electron chi connectivity index (χ0n) is 19.4. The van der Waals surface area contributed by atoms with Crippen molar-refractivity contribution in [2.75, 3.05) is 31.5 Å². The third-order valence-corrected chi connectivity index (χ3v) is 5.00. The molecular weight excluding hydrogens is 438 g/mol. The van der Waals surface area contributed by atoms with Gasteiger partial charge in [0, 0.05) is 20.2 Å². The van der Waals surface area contributed by atoms with Gasteiger partial charge in [-0.15, -0.1) is 0 Å². The van der Waals surface area contributed by atoms with Crippen LogP contribution in [0.2, 0.25) is 0 Å². The number of carbonyl (C=O) groups excluding carboxylic acids is 1. The number of anilines is 3. The SMILES string of the molecule is C=N/C(=C\C(=C/C)COC)Nc1cc(Nc2cccc(C(N)=O)c2OC)c2c(=O)n(C)[nH]c2n1. The van der Waals surface area contributed by atoms with Gasteiger partial charge in [0.05, 0.1) is 30.7 Å². The number of nitrogens with one attached hydrogen (secondary N) is 3. The molecule has 2 heterocycles. The summed E-state index contributed by atoms with van der Waals surface area (Å²) in [7, 11) is 4.63. The summed E-state index contributed by atoms with van der Waals surface area (Å²) in [5.74, 6) is 0.457. The van der Waals surface area contributed by atoms with Gasteiger partial charge in [0.15, 0.2) is 11.4 Å². The van der Waals surface area contributed by atoms with Gasteiger partial charge in [-0.05, 0) is 37.4 Å². The highest BCUT2D eigenvalue weighted by molar-refractivity contribution is 5.99. The average Bonchev–Trinajstić information content (AvgIpc) is 3.11. The number of benzene rings is 1. The number of rotatable bonds is 10. The molecule has 178 valence electrons. The van der Waals surface area contributed by atoms with E-state index in [1.807, 2.05) is 13.0 Å². The van der Waals surface area contributed by atoms with Crippen molar-refractivity contribution in [3.05, 3.63) is 63.7 Å². The van der Waals surface area contributed by atoms with Crippen LogP contribution in [0.4, 0.5) is 17.2 Å². The molecule has 0 saturated heterocycles. The van der Waals surface area contributed by atoms with E-state index in [1.165, 1.54) is 11.8 Å². The maximum Gasteiger partial charge on any atom is 0.277 e. The molecule has 3 aromatic rings. The molecule has 11 heteroatoms. The van der Waals surface area contributed by atoms with Crippen LogP contribution in [-0.4, -0.2) is 48.2 Å². The van der Waals surface area contributed by atoms with Gasteiger partial charge in [-0.3, -0.25) is 19.4 Å². The van der Waals surface area contributed by atoms with Crippen LogP contribution in [0.1, 0.15) is 17.3 Å². The predicted molar refractivity (Wildman–Crippen MR) is 133 cm³/mol. The number of hydrogen-bond acceptors (Lipinski definition) is 8. The highest BCUT2D eigenvalue weighted by Crippen LogP contribution is 2.33. The second-order valence-corrected chi connectivity index (χ2v) is 7.24. The van der Waals surface area contributed by atoms with Crippen molar-refractivity contribution in [3.8, 4) is 5.75 Å². The third-order valence-electron chi connectivity index (χ3n) is 5.00. The number of aliphatic imine (C=N–C) groups is 1. The largest absolute Gasteiger partial charge is 0.494 e. The summed E-state index contributed by atoms with van der Waals surface area (Å²) >= 11 is 0. The zero-order chi connectivity index (χ0) is 24.8. The zero-order valence-corrected chi connectivity index (χ0v) is 19.4. The van der Waals surface area contributed by atoms with Crippen LogP contribution in [0.15, 0.2) is 57.6 Å². The first-order chi connectivity index (χ1) is 16.3. The fraction of sp³-hybridized carbons (Fsp3) is 0.217. The lowest BCUT2D eigenvalue weighted by atomic mass is 10.1. The number of carbonyl (C=O) groups is 1. The minimum absolute atomic E-state index is 0.205. The minimum atomic E-state index is -0.636. The number of nitrogens with zero attached hydrogens (tertiary/aromatic N) is 3. The number of methoxy groups -OCH3 is 2.